The Balaban J connectivity index is 3.46. The van der Waals surface area contributed by atoms with Crippen LogP contribution < -0.4 is 10.6 Å². The SMILES string of the molecule is Cc1ccc(C(C(=O)NC(C)(C)C)N(C(=O)C(CO)NC(=O)OC(C)(C)C)C(C)C)c(C)c1. The van der Waals surface area contributed by atoms with Gasteiger partial charge in [-0.2, -0.15) is 0 Å². The van der Waals surface area contributed by atoms with Crippen molar-refractivity contribution in [3.8, 4) is 0 Å². The molecule has 0 saturated carbocycles. The van der Waals surface area contributed by atoms with E-state index < -0.39 is 47.9 Å². The first-order chi connectivity index (χ1) is 15.0. The monoisotopic (exact) mass is 463 g/mol. The number of carbonyl (C=O) groups excluding carboxylic acids is 3. The van der Waals surface area contributed by atoms with Crippen molar-refractivity contribution in [1.29, 1.82) is 0 Å². The van der Waals surface area contributed by atoms with E-state index in [0.717, 1.165) is 11.1 Å². The molecule has 2 atom stereocenters. The van der Waals surface area contributed by atoms with E-state index in [2.05, 4.69) is 10.6 Å². The van der Waals surface area contributed by atoms with Crippen LogP contribution in [0.3, 0.4) is 0 Å². The lowest BCUT2D eigenvalue weighted by atomic mass is 9.94. The summed E-state index contributed by atoms with van der Waals surface area (Å²) in [5.74, 6) is -0.919. The van der Waals surface area contributed by atoms with Crippen molar-refractivity contribution in [1.82, 2.24) is 15.5 Å². The Morgan fingerprint density at radius 2 is 1.64 bits per heavy atom. The number of alkyl carbamates (subject to hydrolysis) is 1. The molecule has 0 aliphatic carbocycles. The van der Waals surface area contributed by atoms with E-state index in [4.69, 9.17) is 4.74 Å². The molecule has 8 nitrogen and oxygen atoms in total. The van der Waals surface area contributed by atoms with E-state index in [-0.39, 0.29) is 5.91 Å². The standard InChI is InChI=1S/C25H41N3O5/c1-15(2)28(22(31)19(14-29)26-23(32)33-25(8,9)10)20(21(30)27-24(5,6)7)18-12-11-16(3)13-17(18)4/h11-13,15,19-20,29H,14H2,1-10H3,(H,26,32)(H,27,30). The Kier molecular flexibility index (Phi) is 9.48. The van der Waals surface area contributed by atoms with Crippen LogP contribution in [0.5, 0.6) is 0 Å². The lowest BCUT2D eigenvalue weighted by Crippen LogP contribution is -2.57. The predicted molar refractivity (Wildman–Crippen MR) is 129 cm³/mol. The zero-order chi connectivity index (χ0) is 25.7. The van der Waals surface area contributed by atoms with Gasteiger partial charge in [0, 0.05) is 11.6 Å². The smallest absolute Gasteiger partial charge is 0.408 e. The Bertz CT molecular complexity index is 853. The molecule has 0 heterocycles. The van der Waals surface area contributed by atoms with Crippen LogP contribution in [-0.4, -0.2) is 57.7 Å². The highest BCUT2D eigenvalue weighted by Crippen LogP contribution is 2.29. The zero-order valence-electron chi connectivity index (χ0n) is 21.7. The molecule has 0 fully saturated rings. The second-order valence-corrected chi connectivity index (χ2v) is 10.7. The highest BCUT2D eigenvalue weighted by molar-refractivity contribution is 5.92. The fourth-order valence-corrected chi connectivity index (χ4v) is 3.48. The van der Waals surface area contributed by atoms with Gasteiger partial charge in [-0.15, -0.1) is 0 Å². The molecule has 1 aromatic carbocycles. The molecular formula is C25H41N3O5. The maximum Gasteiger partial charge on any atom is 0.408 e. The number of amides is 3. The minimum Gasteiger partial charge on any atom is -0.444 e. The van der Waals surface area contributed by atoms with Gasteiger partial charge in [0.05, 0.1) is 6.61 Å². The Hall–Kier alpha value is -2.61. The third-order valence-electron chi connectivity index (χ3n) is 4.73. The van der Waals surface area contributed by atoms with E-state index in [1.807, 2.05) is 52.8 Å². The molecule has 1 aromatic rings. The number of nitrogens with zero attached hydrogens (tertiary/aromatic N) is 1. The lowest BCUT2D eigenvalue weighted by Gasteiger charge is -2.38. The number of aliphatic hydroxyl groups is 1. The summed E-state index contributed by atoms with van der Waals surface area (Å²) in [6, 6.07) is 3.08. The first-order valence-electron chi connectivity index (χ1n) is 11.3. The van der Waals surface area contributed by atoms with Crippen molar-refractivity contribution >= 4 is 17.9 Å². The molecule has 3 amide bonds. The van der Waals surface area contributed by atoms with Gasteiger partial charge >= 0.3 is 6.09 Å². The molecule has 2 unspecified atom stereocenters. The summed E-state index contributed by atoms with van der Waals surface area (Å²) in [6.45, 7) is 17.5. The van der Waals surface area contributed by atoms with Crippen molar-refractivity contribution in [2.24, 2.45) is 0 Å². The summed E-state index contributed by atoms with van der Waals surface area (Å²) in [5, 5.41) is 15.3. The number of hydrogen-bond donors (Lipinski definition) is 3. The minimum atomic E-state index is -1.27. The Morgan fingerprint density at radius 3 is 2.06 bits per heavy atom. The number of benzene rings is 1. The van der Waals surface area contributed by atoms with Crippen molar-refractivity contribution < 1.29 is 24.2 Å². The van der Waals surface area contributed by atoms with Gasteiger partial charge in [-0.3, -0.25) is 9.59 Å². The molecule has 0 radical (unpaired) electrons. The van der Waals surface area contributed by atoms with Crippen LogP contribution in [-0.2, 0) is 14.3 Å². The van der Waals surface area contributed by atoms with Gasteiger partial charge < -0.3 is 25.4 Å². The largest absolute Gasteiger partial charge is 0.444 e. The summed E-state index contributed by atoms with van der Waals surface area (Å²) in [6.07, 6.45) is -0.819. The van der Waals surface area contributed by atoms with E-state index in [1.54, 1.807) is 34.6 Å². The Labute approximate surface area is 198 Å². The van der Waals surface area contributed by atoms with E-state index in [0.29, 0.717) is 5.56 Å². The zero-order valence-corrected chi connectivity index (χ0v) is 21.7. The van der Waals surface area contributed by atoms with Crippen molar-refractivity contribution in [3.63, 3.8) is 0 Å². The Morgan fingerprint density at radius 1 is 1.06 bits per heavy atom. The number of nitrogens with one attached hydrogen (secondary N) is 2. The summed E-state index contributed by atoms with van der Waals surface area (Å²) in [7, 11) is 0. The molecule has 0 bridgehead atoms. The molecular weight excluding hydrogens is 422 g/mol. The van der Waals surface area contributed by atoms with Crippen LogP contribution in [0.1, 0.15) is 78.1 Å². The average molecular weight is 464 g/mol. The fourth-order valence-electron chi connectivity index (χ4n) is 3.48. The van der Waals surface area contributed by atoms with Crippen molar-refractivity contribution in [2.45, 2.75) is 98.5 Å². The molecule has 0 spiro atoms. The third kappa shape index (κ3) is 8.68. The van der Waals surface area contributed by atoms with Gasteiger partial charge in [-0.1, -0.05) is 23.8 Å². The second-order valence-electron chi connectivity index (χ2n) is 10.7. The maximum absolute atomic E-state index is 13.6. The highest BCUT2D eigenvalue weighted by Gasteiger charge is 2.39. The number of rotatable bonds is 7. The first kappa shape index (κ1) is 28.4. The predicted octanol–water partition coefficient (Wildman–Crippen LogP) is 3.38. The fraction of sp³-hybridized carbons (Fsp3) is 0.640. The van der Waals surface area contributed by atoms with Crippen LogP contribution in [0.4, 0.5) is 4.79 Å². The van der Waals surface area contributed by atoms with Crippen LogP contribution in [0.15, 0.2) is 18.2 Å². The third-order valence-corrected chi connectivity index (χ3v) is 4.73. The van der Waals surface area contributed by atoms with E-state index >= 15 is 0 Å². The number of hydrogen-bond acceptors (Lipinski definition) is 5. The van der Waals surface area contributed by atoms with Gasteiger partial charge in [-0.25, -0.2) is 4.79 Å². The average Bonchev–Trinajstić information content (AvgIpc) is 2.61. The van der Waals surface area contributed by atoms with Crippen molar-refractivity contribution in [3.05, 3.63) is 34.9 Å². The van der Waals surface area contributed by atoms with Crippen LogP contribution in [0, 0.1) is 13.8 Å². The highest BCUT2D eigenvalue weighted by atomic mass is 16.6. The number of aryl methyl sites for hydroxylation is 2. The molecule has 1 rings (SSSR count). The molecule has 33 heavy (non-hydrogen) atoms. The molecule has 8 heteroatoms. The maximum atomic E-state index is 13.6. The quantitative estimate of drug-likeness (QED) is 0.575. The van der Waals surface area contributed by atoms with Crippen LogP contribution in [0.25, 0.3) is 0 Å². The van der Waals surface area contributed by atoms with Crippen LogP contribution >= 0.6 is 0 Å². The molecule has 3 N–H and O–H groups in total. The summed E-state index contributed by atoms with van der Waals surface area (Å²) >= 11 is 0. The number of carbonyl (C=O) groups is 3. The van der Waals surface area contributed by atoms with Gasteiger partial charge in [-0.05, 0) is 80.4 Å². The van der Waals surface area contributed by atoms with Crippen LogP contribution in [0.2, 0.25) is 0 Å². The van der Waals surface area contributed by atoms with Gasteiger partial charge in [0.15, 0.2) is 0 Å². The normalized spacial score (nSPS) is 13.8. The lowest BCUT2D eigenvalue weighted by molar-refractivity contribution is -0.145. The second kappa shape index (κ2) is 11.0. The first-order valence-corrected chi connectivity index (χ1v) is 11.3. The topological polar surface area (TPSA) is 108 Å². The van der Waals surface area contributed by atoms with Crippen molar-refractivity contribution in [2.75, 3.05) is 6.61 Å². The summed E-state index contributed by atoms with van der Waals surface area (Å²) in [4.78, 5) is 40.8. The number of ether oxygens (including phenoxy) is 1. The summed E-state index contributed by atoms with van der Waals surface area (Å²) in [5.41, 5.74) is 1.29. The van der Waals surface area contributed by atoms with E-state index in [1.165, 1.54) is 4.90 Å². The van der Waals surface area contributed by atoms with Gasteiger partial charge in [0.1, 0.15) is 17.7 Å². The minimum absolute atomic E-state index is 0.342. The summed E-state index contributed by atoms with van der Waals surface area (Å²) < 4.78 is 5.24. The van der Waals surface area contributed by atoms with Gasteiger partial charge in [0.25, 0.3) is 0 Å². The molecule has 0 saturated heterocycles. The van der Waals surface area contributed by atoms with Gasteiger partial charge in [0.2, 0.25) is 11.8 Å². The molecule has 186 valence electrons. The molecule has 0 aliphatic heterocycles. The molecule has 0 aliphatic rings. The van der Waals surface area contributed by atoms with E-state index in [9.17, 15) is 19.5 Å². The number of aliphatic hydroxyl groups excluding tert-OH is 1. The molecule has 0 aromatic heterocycles.